The molecule has 2 aliphatic rings. The van der Waals surface area contributed by atoms with Gasteiger partial charge in [0.1, 0.15) is 0 Å². The topological polar surface area (TPSA) is 117 Å². The van der Waals surface area contributed by atoms with Gasteiger partial charge in [0, 0.05) is 42.5 Å². The van der Waals surface area contributed by atoms with Gasteiger partial charge in [-0.1, -0.05) is 0 Å². The molecule has 1 saturated heterocycles. The van der Waals surface area contributed by atoms with Crippen LogP contribution in [0.15, 0.2) is 24.4 Å². The largest absolute Gasteiger partial charge is 0.478 e. The van der Waals surface area contributed by atoms with Crippen molar-refractivity contribution in [2.45, 2.75) is 18.3 Å². The molecule has 7 nitrogen and oxygen atoms in total. The molecule has 9 heteroatoms. The number of pyridine rings is 2. The molecule has 4 heterocycles. The number of nitrogens with zero attached hydrogens (tertiary/aromatic N) is 2. The molecule has 1 fully saturated rings. The molecule has 0 aromatic carbocycles. The monoisotopic (exact) mass is 411 g/mol. The van der Waals surface area contributed by atoms with E-state index in [-0.39, 0.29) is 11.1 Å². The Morgan fingerprint density at radius 3 is 2.67 bits per heavy atom. The van der Waals surface area contributed by atoms with Crippen LogP contribution in [0.4, 0.5) is 8.78 Å². The molecule has 0 spiro atoms. The second-order valence-corrected chi connectivity index (χ2v) is 7.82. The molecule has 0 radical (unpaired) electrons. The van der Waals surface area contributed by atoms with Crippen LogP contribution < -0.4 is 11.1 Å². The van der Waals surface area contributed by atoms with Crippen molar-refractivity contribution in [1.82, 2.24) is 20.3 Å². The molecule has 0 saturated carbocycles. The Balaban J connectivity index is 1.69. The molecule has 1 aliphatic carbocycles. The van der Waals surface area contributed by atoms with Crippen molar-refractivity contribution in [1.29, 1.82) is 0 Å². The van der Waals surface area contributed by atoms with Gasteiger partial charge in [-0.3, -0.25) is 4.98 Å². The highest BCUT2D eigenvalue weighted by Crippen LogP contribution is 2.41. The van der Waals surface area contributed by atoms with E-state index >= 15 is 0 Å². The van der Waals surface area contributed by atoms with Crippen LogP contribution in [0.3, 0.4) is 0 Å². The van der Waals surface area contributed by atoms with Crippen LogP contribution >= 0.6 is 0 Å². The first-order valence-electron chi connectivity index (χ1n) is 9.64. The predicted molar refractivity (Wildman–Crippen MR) is 105 cm³/mol. The number of aromatic amines is 1. The minimum atomic E-state index is -0.992. The Bertz CT molecular complexity index is 1180. The molecule has 30 heavy (non-hydrogen) atoms. The second-order valence-electron chi connectivity index (χ2n) is 7.82. The van der Waals surface area contributed by atoms with E-state index in [1.807, 2.05) is 0 Å². The van der Waals surface area contributed by atoms with Gasteiger partial charge in [0.05, 0.1) is 22.5 Å². The smallest absolute Gasteiger partial charge is 0.337 e. The Hall–Kier alpha value is -3.17. The number of hydrogen-bond acceptors (Lipinski definition) is 5. The van der Waals surface area contributed by atoms with Crippen LogP contribution in [0.5, 0.6) is 0 Å². The number of hydrogen-bond donors (Lipinski definition) is 4. The number of rotatable bonds is 4. The van der Waals surface area contributed by atoms with Crippen molar-refractivity contribution in [3.63, 3.8) is 0 Å². The maximum absolute atomic E-state index is 14.2. The van der Waals surface area contributed by atoms with Crippen molar-refractivity contribution in [3.05, 3.63) is 58.7 Å². The van der Waals surface area contributed by atoms with Crippen LogP contribution in [-0.4, -0.2) is 45.7 Å². The normalized spacial score (nSPS) is 16.5. The number of aromatic carboxylic acids is 1. The summed E-state index contributed by atoms with van der Waals surface area (Å²) >= 11 is 0. The standard InChI is InChI=1S/C21H19F2N5O2/c22-15-4-3-11(19(23)27-15)14-5-13-10(6-26-14)1-2-12-16(20(29)30)18(28-17(12)13)21(7-24)8-25-9-21/h3-6,25,28H,1-2,7-9,24H2,(H,29,30). The number of nitrogens with one attached hydrogen (secondary N) is 2. The molecule has 0 bridgehead atoms. The number of halogens is 2. The molecule has 0 atom stereocenters. The van der Waals surface area contributed by atoms with E-state index in [2.05, 4.69) is 20.3 Å². The van der Waals surface area contributed by atoms with Crippen LogP contribution in [-0.2, 0) is 18.3 Å². The third-order valence-corrected chi connectivity index (χ3v) is 6.16. The van der Waals surface area contributed by atoms with Crippen LogP contribution in [0.1, 0.15) is 27.2 Å². The molecule has 5 rings (SSSR count). The fraction of sp³-hybridized carbons (Fsp3) is 0.286. The van der Waals surface area contributed by atoms with Gasteiger partial charge in [0.25, 0.3) is 0 Å². The average Bonchev–Trinajstić information content (AvgIpc) is 3.08. The minimum absolute atomic E-state index is 0.0817. The van der Waals surface area contributed by atoms with Gasteiger partial charge in [-0.25, -0.2) is 4.79 Å². The number of aryl methyl sites for hydroxylation is 1. The summed E-state index contributed by atoms with van der Waals surface area (Å²) in [5.41, 5.74) is 9.96. The summed E-state index contributed by atoms with van der Waals surface area (Å²) in [6.07, 6.45) is 2.83. The first-order valence-corrected chi connectivity index (χ1v) is 9.64. The molecule has 1 aliphatic heterocycles. The summed E-state index contributed by atoms with van der Waals surface area (Å²) in [5.74, 6) is -2.84. The molecule has 3 aromatic rings. The predicted octanol–water partition coefficient (Wildman–Crippen LogP) is 2.01. The highest BCUT2D eigenvalue weighted by atomic mass is 19.1. The summed E-state index contributed by atoms with van der Waals surface area (Å²) < 4.78 is 27.4. The Morgan fingerprint density at radius 2 is 2.03 bits per heavy atom. The summed E-state index contributed by atoms with van der Waals surface area (Å²) in [4.78, 5) is 23.0. The summed E-state index contributed by atoms with van der Waals surface area (Å²) in [6, 6.07) is 4.07. The zero-order valence-electron chi connectivity index (χ0n) is 15.9. The molecular formula is C21H19F2N5O2. The van der Waals surface area contributed by atoms with E-state index in [9.17, 15) is 18.7 Å². The Kier molecular flexibility index (Phi) is 4.19. The highest BCUT2D eigenvalue weighted by Gasteiger charge is 2.43. The zero-order chi connectivity index (χ0) is 21.0. The van der Waals surface area contributed by atoms with E-state index in [1.165, 1.54) is 6.07 Å². The fourth-order valence-corrected chi connectivity index (χ4v) is 4.43. The summed E-state index contributed by atoms with van der Waals surface area (Å²) in [6.45, 7) is 1.52. The number of carbonyl (C=O) groups is 1. The number of carboxylic acid groups (broad SMARTS) is 1. The second kappa shape index (κ2) is 6.68. The van der Waals surface area contributed by atoms with Crippen LogP contribution in [0, 0.1) is 11.9 Å². The third-order valence-electron chi connectivity index (χ3n) is 6.16. The molecule has 0 amide bonds. The number of H-pyrrole nitrogens is 1. The quantitative estimate of drug-likeness (QED) is 0.488. The first kappa shape index (κ1) is 18.8. The average molecular weight is 411 g/mol. The van der Waals surface area contributed by atoms with Gasteiger partial charge in [0.2, 0.25) is 11.9 Å². The fourth-order valence-electron chi connectivity index (χ4n) is 4.43. The molecular weight excluding hydrogens is 392 g/mol. The van der Waals surface area contributed by atoms with E-state index in [4.69, 9.17) is 5.73 Å². The minimum Gasteiger partial charge on any atom is -0.478 e. The van der Waals surface area contributed by atoms with E-state index < -0.39 is 23.3 Å². The van der Waals surface area contributed by atoms with Gasteiger partial charge >= 0.3 is 5.97 Å². The third kappa shape index (κ3) is 2.66. The van der Waals surface area contributed by atoms with Gasteiger partial charge in [-0.05, 0) is 42.2 Å². The SMILES string of the molecule is NCC1(c2[nH]c3c(c2C(=O)O)CCc2cnc(-c4ccc(F)nc4F)cc2-3)CNC1. The van der Waals surface area contributed by atoms with Crippen molar-refractivity contribution in [3.8, 4) is 22.5 Å². The summed E-state index contributed by atoms with van der Waals surface area (Å²) in [7, 11) is 0. The van der Waals surface area contributed by atoms with E-state index in [1.54, 1.807) is 12.3 Å². The molecule has 154 valence electrons. The van der Waals surface area contributed by atoms with Crippen molar-refractivity contribution < 1.29 is 18.7 Å². The number of aromatic nitrogens is 3. The lowest BCUT2D eigenvalue weighted by Crippen LogP contribution is -2.61. The number of nitrogens with two attached hydrogens (primary N) is 1. The lowest BCUT2D eigenvalue weighted by Gasteiger charge is -2.41. The van der Waals surface area contributed by atoms with E-state index in [0.29, 0.717) is 49.6 Å². The van der Waals surface area contributed by atoms with Crippen molar-refractivity contribution in [2.24, 2.45) is 5.73 Å². The van der Waals surface area contributed by atoms with Crippen molar-refractivity contribution in [2.75, 3.05) is 19.6 Å². The lowest BCUT2D eigenvalue weighted by molar-refractivity contribution is 0.0691. The van der Waals surface area contributed by atoms with Crippen LogP contribution in [0.2, 0.25) is 0 Å². The van der Waals surface area contributed by atoms with Crippen LogP contribution in [0.25, 0.3) is 22.5 Å². The Morgan fingerprint density at radius 1 is 1.23 bits per heavy atom. The van der Waals surface area contributed by atoms with Gasteiger partial charge in [-0.15, -0.1) is 0 Å². The zero-order valence-corrected chi connectivity index (χ0v) is 15.9. The highest BCUT2D eigenvalue weighted by molar-refractivity contribution is 5.95. The summed E-state index contributed by atoms with van der Waals surface area (Å²) in [5, 5.41) is 13.1. The first-order chi connectivity index (χ1) is 14.4. The van der Waals surface area contributed by atoms with Gasteiger partial charge in [-0.2, -0.15) is 13.8 Å². The van der Waals surface area contributed by atoms with Crippen molar-refractivity contribution >= 4 is 5.97 Å². The van der Waals surface area contributed by atoms with E-state index in [0.717, 1.165) is 22.8 Å². The lowest BCUT2D eigenvalue weighted by atomic mass is 9.76. The number of fused-ring (bicyclic) bond motifs is 3. The van der Waals surface area contributed by atoms with Gasteiger partial charge < -0.3 is 21.1 Å². The maximum Gasteiger partial charge on any atom is 0.337 e. The Labute approximate surface area is 170 Å². The molecule has 3 aromatic heterocycles. The van der Waals surface area contributed by atoms with Gasteiger partial charge in [0.15, 0.2) is 0 Å². The molecule has 5 N–H and O–H groups in total. The maximum atomic E-state index is 14.2. The molecule has 0 unspecified atom stereocenters. The number of carboxylic acids is 1.